The van der Waals surface area contributed by atoms with Gasteiger partial charge in [0.1, 0.15) is 5.52 Å². The van der Waals surface area contributed by atoms with E-state index in [2.05, 4.69) is 25.3 Å². The largest absolute Gasteiger partial charge is 0.435 e. The molecule has 4 rings (SSSR count). The molecule has 0 spiro atoms. The van der Waals surface area contributed by atoms with E-state index in [-0.39, 0.29) is 36.5 Å². The highest BCUT2D eigenvalue weighted by Crippen LogP contribution is 2.34. The maximum atomic E-state index is 13.3. The third kappa shape index (κ3) is 4.17. The van der Waals surface area contributed by atoms with Crippen LogP contribution in [0, 0.1) is 6.92 Å². The summed E-state index contributed by atoms with van der Waals surface area (Å²) in [5.74, 6) is 0.712. The van der Waals surface area contributed by atoms with Crippen LogP contribution in [-0.2, 0) is 6.18 Å². The number of carbonyl (C=O) groups excluding carboxylic acids is 1. The van der Waals surface area contributed by atoms with E-state index >= 15 is 0 Å². The van der Waals surface area contributed by atoms with Crippen molar-refractivity contribution in [2.24, 2.45) is 0 Å². The van der Waals surface area contributed by atoms with Crippen LogP contribution in [0.25, 0.3) is 10.3 Å². The molecule has 9 nitrogen and oxygen atoms in total. The molecule has 2 amide bonds. The van der Waals surface area contributed by atoms with E-state index in [1.54, 1.807) is 5.51 Å². The lowest BCUT2D eigenvalue weighted by molar-refractivity contribution is -0.140. The number of alkyl halides is 3. The van der Waals surface area contributed by atoms with Gasteiger partial charge >= 0.3 is 12.2 Å². The molecular weight excluding hydrogens is 433 g/mol. The van der Waals surface area contributed by atoms with E-state index in [1.165, 1.54) is 35.3 Å². The summed E-state index contributed by atoms with van der Waals surface area (Å²) in [7, 11) is 0. The number of aryl methyl sites for hydroxylation is 1. The van der Waals surface area contributed by atoms with Crippen LogP contribution in [0.1, 0.15) is 18.3 Å². The van der Waals surface area contributed by atoms with Crippen molar-refractivity contribution in [1.29, 1.82) is 0 Å². The van der Waals surface area contributed by atoms with E-state index in [1.807, 2.05) is 11.8 Å². The lowest BCUT2D eigenvalue weighted by atomic mass is 10.2. The second-order valence-electron chi connectivity index (χ2n) is 7.18. The Labute approximate surface area is 179 Å². The highest BCUT2D eigenvalue weighted by molar-refractivity contribution is 7.16. The number of anilines is 3. The number of piperazine rings is 1. The number of rotatable bonds is 2. The normalized spacial score (nSPS) is 17.3. The van der Waals surface area contributed by atoms with Gasteiger partial charge in [0.05, 0.1) is 11.2 Å². The molecule has 0 aliphatic carbocycles. The maximum Gasteiger partial charge on any atom is 0.435 e. The first-order valence-corrected chi connectivity index (χ1v) is 10.3. The van der Waals surface area contributed by atoms with E-state index in [9.17, 15) is 18.0 Å². The first-order valence-electron chi connectivity index (χ1n) is 9.37. The molecule has 1 aliphatic rings. The van der Waals surface area contributed by atoms with Crippen molar-refractivity contribution in [3.05, 3.63) is 29.0 Å². The molecule has 1 saturated heterocycles. The summed E-state index contributed by atoms with van der Waals surface area (Å²) in [6, 6.07) is 1.84. The van der Waals surface area contributed by atoms with Crippen LogP contribution < -0.4 is 16.0 Å². The quantitative estimate of drug-likeness (QED) is 0.614. The Balaban J connectivity index is 1.51. The number of amides is 2. The van der Waals surface area contributed by atoms with Gasteiger partial charge in [-0.15, -0.1) is 11.3 Å². The Hall–Kier alpha value is -3.22. The highest BCUT2D eigenvalue weighted by atomic mass is 32.1. The Morgan fingerprint density at radius 2 is 2.03 bits per heavy atom. The zero-order valence-corrected chi connectivity index (χ0v) is 17.5. The summed E-state index contributed by atoms with van der Waals surface area (Å²) in [5, 5.41) is 2.35. The zero-order chi connectivity index (χ0) is 22.3. The lowest BCUT2D eigenvalue weighted by Crippen LogP contribution is -2.55. The average molecular weight is 452 g/mol. The number of nitrogens with two attached hydrogens (primary N) is 1. The summed E-state index contributed by atoms with van der Waals surface area (Å²) < 4.78 is 39.9. The van der Waals surface area contributed by atoms with Crippen molar-refractivity contribution in [2.45, 2.75) is 26.1 Å². The number of nitrogens with one attached hydrogen (secondary N) is 1. The van der Waals surface area contributed by atoms with Crippen LogP contribution in [0.5, 0.6) is 0 Å². The molecule has 0 aromatic carbocycles. The fourth-order valence-electron chi connectivity index (χ4n) is 3.49. The predicted octanol–water partition coefficient (Wildman–Crippen LogP) is 3.13. The molecule has 4 heterocycles. The van der Waals surface area contributed by atoms with Crippen molar-refractivity contribution in [2.75, 3.05) is 35.6 Å². The number of nitrogens with zero attached hydrogens (tertiary/aromatic N) is 6. The Kier molecular flexibility index (Phi) is 5.29. The summed E-state index contributed by atoms with van der Waals surface area (Å²) in [5.41, 5.74) is 6.83. The minimum Gasteiger partial charge on any atom is -0.368 e. The number of hydrogen-bond acceptors (Lipinski definition) is 8. The van der Waals surface area contributed by atoms with Crippen LogP contribution in [0.2, 0.25) is 0 Å². The maximum absolute atomic E-state index is 13.3. The van der Waals surface area contributed by atoms with Crippen molar-refractivity contribution < 1.29 is 18.0 Å². The molecule has 31 heavy (non-hydrogen) atoms. The SMILES string of the molecule is Cc1ccc(NC(=O)N2CCN(c3nc(N)nc4scnc34)C(C)C2)c(C(F)(F)F)n1. The van der Waals surface area contributed by atoms with Gasteiger partial charge in [-0.25, -0.2) is 19.7 Å². The number of carbonyl (C=O) groups is 1. The van der Waals surface area contributed by atoms with Gasteiger partial charge in [-0.3, -0.25) is 0 Å². The molecule has 1 unspecified atom stereocenters. The minimum atomic E-state index is -4.67. The number of urea groups is 1. The van der Waals surface area contributed by atoms with E-state index in [4.69, 9.17) is 5.73 Å². The van der Waals surface area contributed by atoms with Crippen molar-refractivity contribution in [3.63, 3.8) is 0 Å². The van der Waals surface area contributed by atoms with Gasteiger partial charge in [0.15, 0.2) is 16.3 Å². The number of halogens is 3. The first-order chi connectivity index (χ1) is 14.6. The van der Waals surface area contributed by atoms with Crippen LogP contribution in [0.4, 0.5) is 35.4 Å². The summed E-state index contributed by atoms with van der Waals surface area (Å²) in [4.78, 5) is 33.1. The third-order valence-corrected chi connectivity index (χ3v) is 5.65. The number of fused-ring (bicyclic) bond motifs is 1. The zero-order valence-electron chi connectivity index (χ0n) is 16.6. The summed E-state index contributed by atoms with van der Waals surface area (Å²) in [6.07, 6.45) is -4.67. The molecule has 3 N–H and O–H groups in total. The second kappa shape index (κ2) is 7.80. The van der Waals surface area contributed by atoms with Gasteiger partial charge in [0.2, 0.25) is 5.95 Å². The Bertz CT molecular complexity index is 1130. The predicted molar refractivity (Wildman–Crippen MR) is 111 cm³/mol. The van der Waals surface area contributed by atoms with Crippen LogP contribution in [0.3, 0.4) is 0 Å². The molecular formula is C18H19F3N8OS. The third-order valence-electron chi connectivity index (χ3n) is 4.93. The fraction of sp³-hybridized carbons (Fsp3) is 0.389. The van der Waals surface area contributed by atoms with Gasteiger partial charge in [-0.2, -0.15) is 18.2 Å². The standard InChI is InChI=1S/C18H19F3N8OS/c1-9-3-4-11(13(24-9)18(19,20)21)25-17(30)28-5-6-29(10(2)7-28)14-12-15(31-8-23-12)27-16(22)26-14/h3-4,8,10H,5-7H2,1-2H3,(H,25,30)(H2,22,26,27). The number of thiazole rings is 1. The minimum absolute atomic E-state index is 0.130. The molecule has 1 atom stereocenters. The van der Waals surface area contributed by atoms with Gasteiger partial charge in [-0.1, -0.05) is 0 Å². The second-order valence-corrected chi connectivity index (χ2v) is 8.01. The summed E-state index contributed by atoms with van der Waals surface area (Å²) >= 11 is 1.35. The smallest absolute Gasteiger partial charge is 0.368 e. The van der Waals surface area contributed by atoms with E-state index < -0.39 is 17.9 Å². The van der Waals surface area contributed by atoms with Gasteiger partial charge < -0.3 is 20.9 Å². The van der Waals surface area contributed by atoms with Gasteiger partial charge in [-0.05, 0) is 26.0 Å². The molecule has 164 valence electrons. The van der Waals surface area contributed by atoms with Crippen molar-refractivity contribution in [3.8, 4) is 0 Å². The van der Waals surface area contributed by atoms with Crippen molar-refractivity contribution >= 4 is 45.2 Å². The lowest BCUT2D eigenvalue weighted by Gasteiger charge is -2.40. The molecule has 0 saturated carbocycles. The number of hydrogen-bond donors (Lipinski definition) is 2. The van der Waals surface area contributed by atoms with Gasteiger partial charge in [0.25, 0.3) is 0 Å². The van der Waals surface area contributed by atoms with E-state index in [0.717, 1.165) is 0 Å². The highest BCUT2D eigenvalue weighted by Gasteiger charge is 2.37. The Morgan fingerprint density at radius 1 is 1.26 bits per heavy atom. The van der Waals surface area contributed by atoms with Crippen LogP contribution in [0.15, 0.2) is 17.6 Å². The first kappa shape index (κ1) is 21.0. The fourth-order valence-corrected chi connectivity index (χ4v) is 4.15. The molecule has 1 aliphatic heterocycles. The molecule has 3 aromatic heterocycles. The summed E-state index contributed by atoms with van der Waals surface area (Å²) in [6.45, 7) is 4.33. The molecule has 13 heteroatoms. The molecule has 0 bridgehead atoms. The number of nitrogen functional groups attached to an aromatic ring is 1. The number of aromatic nitrogens is 4. The molecule has 1 fully saturated rings. The number of pyridine rings is 1. The molecule has 3 aromatic rings. The van der Waals surface area contributed by atoms with Crippen molar-refractivity contribution in [1.82, 2.24) is 24.8 Å². The topological polar surface area (TPSA) is 113 Å². The monoisotopic (exact) mass is 452 g/mol. The van der Waals surface area contributed by atoms with Crippen LogP contribution >= 0.6 is 11.3 Å². The molecule has 0 radical (unpaired) electrons. The van der Waals surface area contributed by atoms with Gasteiger partial charge in [0, 0.05) is 31.4 Å². The van der Waals surface area contributed by atoms with Crippen LogP contribution in [-0.4, -0.2) is 56.5 Å². The van der Waals surface area contributed by atoms with E-state index in [0.29, 0.717) is 22.7 Å². The average Bonchev–Trinajstić information content (AvgIpc) is 3.16. The Morgan fingerprint density at radius 3 is 2.74 bits per heavy atom.